The summed E-state index contributed by atoms with van der Waals surface area (Å²) in [6.45, 7) is 3.08. The van der Waals surface area contributed by atoms with E-state index < -0.39 is 0 Å². The van der Waals surface area contributed by atoms with Gasteiger partial charge in [0.05, 0.1) is 33.4 Å². The van der Waals surface area contributed by atoms with Gasteiger partial charge in [-0.05, 0) is 29.8 Å². The molecule has 2 atom stereocenters. The third-order valence-electron chi connectivity index (χ3n) is 6.10. The van der Waals surface area contributed by atoms with Crippen molar-refractivity contribution >= 4 is 11.8 Å². The van der Waals surface area contributed by atoms with Gasteiger partial charge in [0.25, 0.3) is 5.91 Å². The molecule has 2 amide bonds. The average Bonchev–Trinajstić information content (AvgIpc) is 3.28. The summed E-state index contributed by atoms with van der Waals surface area (Å²) in [5, 5.41) is 0. The van der Waals surface area contributed by atoms with Crippen LogP contribution in [0.25, 0.3) is 0 Å². The number of benzene rings is 2. The molecule has 2 saturated heterocycles. The van der Waals surface area contributed by atoms with E-state index in [2.05, 4.69) is 0 Å². The highest BCUT2D eigenvalue weighted by Gasteiger charge is 2.43. The van der Waals surface area contributed by atoms with Crippen molar-refractivity contribution in [3.8, 4) is 11.5 Å². The lowest BCUT2D eigenvalue weighted by Gasteiger charge is -2.31. The number of hydrogen-bond donors (Lipinski definition) is 0. The number of hydrogen-bond acceptors (Lipinski definition) is 5. The second-order valence-electron chi connectivity index (χ2n) is 7.83. The molecule has 164 valence electrons. The zero-order chi connectivity index (χ0) is 21.8. The van der Waals surface area contributed by atoms with Gasteiger partial charge in [0, 0.05) is 37.7 Å². The summed E-state index contributed by atoms with van der Waals surface area (Å²) in [7, 11) is 3.21. The molecule has 0 saturated carbocycles. The molecule has 0 radical (unpaired) electrons. The first kappa shape index (κ1) is 21.2. The van der Waals surface area contributed by atoms with Crippen LogP contribution in [0.1, 0.15) is 21.8 Å². The summed E-state index contributed by atoms with van der Waals surface area (Å²) in [6, 6.07) is 14.9. The van der Waals surface area contributed by atoms with Crippen LogP contribution in [0.2, 0.25) is 0 Å². The first-order chi connectivity index (χ1) is 15.1. The van der Waals surface area contributed by atoms with E-state index in [4.69, 9.17) is 14.2 Å². The van der Waals surface area contributed by atoms with Crippen molar-refractivity contribution in [3.05, 3.63) is 59.7 Å². The summed E-state index contributed by atoms with van der Waals surface area (Å²) in [5.74, 6) is 0.872. The van der Waals surface area contributed by atoms with Gasteiger partial charge in [0.2, 0.25) is 5.91 Å². The van der Waals surface area contributed by atoms with Crippen molar-refractivity contribution in [2.45, 2.75) is 5.92 Å². The number of likely N-dealkylation sites (tertiary alicyclic amines) is 1. The number of carbonyl (C=O) groups is 2. The van der Waals surface area contributed by atoms with Gasteiger partial charge in [0.15, 0.2) is 0 Å². The van der Waals surface area contributed by atoms with E-state index in [1.807, 2.05) is 35.2 Å². The number of methoxy groups -OCH3 is 2. The maximum absolute atomic E-state index is 13.5. The van der Waals surface area contributed by atoms with E-state index in [1.54, 1.807) is 37.3 Å². The first-order valence-electron chi connectivity index (χ1n) is 10.5. The number of nitrogens with zero attached hydrogens (tertiary/aromatic N) is 2. The Balaban J connectivity index is 1.64. The van der Waals surface area contributed by atoms with Gasteiger partial charge >= 0.3 is 0 Å². The number of amides is 2. The topological polar surface area (TPSA) is 68.3 Å². The number of ether oxygens (including phenoxy) is 3. The van der Waals surface area contributed by atoms with Gasteiger partial charge in [-0.3, -0.25) is 9.59 Å². The molecule has 31 heavy (non-hydrogen) atoms. The number of morpholine rings is 1. The second kappa shape index (κ2) is 9.39. The summed E-state index contributed by atoms with van der Waals surface area (Å²) >= 11 is 0. The van der Waals surface area contributed by atoms with Crippen LogP contribution in [0.3, 0.4) is 0 Å². The fourth-order valence-electron chi connectivity index (χ4n) is 4.46. The standard InChI is InChI=1S/C24H28N2O5/c1-29-18-7-5-6-17(14-18)23(27)26-15-20(19-8-3-4-9-22(19)30-2)21(16-26)24(28)25-10-12-31-13-11-25/h3-9,14,20-21H,10-13,15-16H2,1-2H3/t20-,21+/m0/s1. The number of rotatable bonds is 5. The molecule has 0 N–H and O–H groups in total. The van der Waals surface area contributed by atoms with Crippen LogP contribution >= 0.6 is 0 Å². The van der Waals surface area contributed by atoms with E-state index >= 15 is 0 Å². The van der Waals surface area contributed by atoms with Gasteiger partial charge in [-0.15, -0.1) is 0 Å². The molecule has 2 heterocycles. The maximum atomic E-state index is 13.5. The van der Waals surface area contributed by atoms with E-state index in [-0.39, 0.29) is 23.7 Å². The van der Waals surface area contributed by atoms with E-state index in [1.165, 1.54) is 0 Å². The van der Waals surface area contributed by atoms with E-state index in [0.717, 1.165) is 11.3 Å². The van der Waals surface area contributed by atoms with Crippen LogP contribution < -0.4 is 9.47 Å². The zero-order valence-corrected chi connectivity index (χ0v) is 18.0. The van der Waals surface area contributed by atoms with Crippen LogP contribution in [-0.2, 0) is 9.53 Å². The normalized spacial score (nSPS) is 21.1. The molecule has 0 aromatic heterocycles. The maximum Gasteiger partial charge on any atom is 0.254 e. The molecule has 2 aromatic rings. The van der Waals surface area contributed by atoms with E-state index in [0.29, 0.717) is 50.7 Å². The molecule has 2 aliphatic rings. The Morgan fingerprint density at radius 1 is 0.935 bits per heavy atom. The van der Waals surface area contributed by atoms with Crippen molar-refractivity contribution in [2.24, 2.45) is 5.92 Å². The predicted molar refractivity (Wildman–Crippen MR) is 116 cm³/mol. The third-order valence-corrected chi connectivity index (χ3v) is 6.10. The number of carbonyl (C=O) groups excluding carboxylic acids is 2. The number of para-hydroxylation sites is 1. The molecule has 7 heteroatoms. The average molecular weight is 424 g/mol. The molecule has 0 bridgehead atoms. The second-order valence-corrected chi connectivity index (χ2v) is 7.83. The van der Waals surface area contributed by atoms with E-state index in [9.17, 15) is 9.59 Å². The summed E-state index contributed by atoms with van der Waals surface area (Å²) in [5.41, 5.74) is 1.51. The smallest absolute Gasteiger partial charge is 0.254 e. The Morgan fingerprint density at radius 2 is 1.71 bits per heavy atom. The minimum atomic E-state index is -0.330. The van der Waals surface area contributed by atoms with Crippen LogP contribution in [-0.4, -0.2) is 75.2 Å². The highest BCUT2D eigenvalue weighted by molar-refractivity contribution is 5.95. The Labute approximate surface area is 182 Å². The third kappa shape index (κ3) is 4.37. The lowest BCUT2D eigenvalue weighted by molar-refractivity contribution is -0.139. The Morgan fingerprint density at radius 3 is 2.45 bits per heavy atom. The molecule has 7 nitrogen and oxygen atoms in total. The lowest BCUT2D eigenvalue weighted by Crippen LogP contribution is -2.45. The quantitative estimate of drug-likeness (QED) is 0.738. The minimum absolute atomic E-state index is 0.0696. The van der Waals surface area contributed by atoms with Crippen LogP contribution in [0.4, 0.5) is 0 Å². The summed E-state index contributed by atoms with van der Waals surface area (Å²) < 4.78 is 16.3. The largest absolute Gasteiger partial charge is 0.497 e. The predicted octanol–water partition coefficient (Wildman–Crippen LogP) is 2.42. The van der Waals surface area contributed by atoms with Crippen LogP contribution in [0, 0.1) is 5.92 Å². The Kier molecular flexibility index (Phi) is 6.42. The Hall–Kier alpha value is -3.06. The van der Waals surface area contributed by atoms with Crippen molar-refractivity contribution in [1.82, 2.24) is 9.80 Å². The highest BCUT2D eigenvalue weighted by Crippen LogP contribution is 2.39. The fourth-order valence-corrected chi connectivity index (χ4v) is 4.46. The molecular weight excluding hydrogens is 396 g/mol. The lowest BCUT2D eigenvalue weighted by atomic mass is 9.87. The van der Waals surface area contributed by atoms with Crippen molar-refractivity contribution in [2.75, 3.05) is 53.6 Å². The van der Waals surface area contributed by atoms with Crippen molar-refractivity contribution in [3.63, 3.8) is 0 Å². The summed E-state index contributed by atoms with van der Waals surface area (Å²) in [4.78, 5) is 30.4. The monoisotopic (exact) mass is 424 g/mol. The van der Waals surface area contributed by atoms with Gasteiger partial charge in [0.1, 0.15) is 11.5 Å². The molecular formula is C24H28N2O5. The van der Waals surface area contributed by atoms with Gasteiger partial charge < -0.3 is 24.0 Å². The van der Waals surface area contributed by atoms with Crippen LogP contribution in [0.5, 0.6) is 11.5 Å². The molecule has 2 aromatic carbocycles. The first-order valence-corrected chi connectivity index (χ1v) is 10.5. The van der Waals surface area contributed by atoms with Gasteiger partial charge in [-0.1, -0.05) is 24.3 Å². The highest BCUT2D eigenvalue weighted by atomic mass is 16.5. The fraction of sp³-hybridized carbons (Fsp3) is 0.417. The molecule has 2 aliphatic heterocycles. The Bertz CT molecular complexity index is 941. The van der Waals surface area contributed by atoms with Crippen LogP contribution in [0.15, 0.2) is 48.5 Å². The molecule has 4 rings (SSSR count). The molecule has 2 fully saturated rings. The molecule has 0 unspecified atom stereocenters. The minimum Gasteiger partial charge on any atom is -0.497 e. The molecule has 0 aliphatic carbocycles. The van der Waals surface area contributed by atoms with Gasteiger partial charge in [-0.2, -0.15) is 0 Å². The molecule has 0 spiro atoms. The van der Waals surface area contributed by atoms with Crippen molar-refractivity contribution < 1.29 is 23.8 Å². The zero-order valence-electron chi connectivity index (χ0n) is 18.0. The summed E-state index contributed by atoms with van der Waals surface area (Å²) in [6.07, 6.45) is 0. The van der Waals surface area contributed by atoms with Gasteiger partial charge in [-0.25, -0.2) is 0 Å². The van der Waals surface area contributed by atoms with Crippen molar-refractivity contribution in [1.29, 1.82) is 0 Å². The SMILES string of the molecule is COc1cccc(C(=O)N2C[C@@H](C(=O)N3CCOCC3)[C@H](c3ccccc3OC)C2)c1.